The van der Waals surface area contributed by atoms with Crippen molar-refractivity contribution in [1.82, 2.24) is 0 Å². The van der Waals surface area contributed by atoms with Crippen LogP contribution in [0.15, 0.2) is 0 Å². The normalized spacial score (nSPS) is 11.0. The molecule has 0 aliphatic heterocycles. The first-order chi connectivity index (χ1) is 14.4. The van der Waals surface area contributed by atoms with Gasteiger partial charge in [-0.15, -0.1) is 0 Å². The van der Waals surface area contributed by atoms with E-state index >= 15 is 0 Å². The van der Waals surface area contributed by atoms with Crippen LogP contribution in [0, 0.1) is 0 Å². The average molecular weight is 435 g/mol. The molecule has 0 heterocycles. The van der Waals surface area contributed by atoms with Gasteiger partial charge in [0.2, 0.25) is 0 Å². The predicted molar refractivity (Wildman–Crippen MR) is 134 cm³/mol. The Morgan fingerprint density at radius 3 is 0.767 bits per heavy atom. The summed E-state index contributed by atoms with van der Waals surface area (Å²) in [4.78, 5) is 0. The zero-order chi connectivity index (χ0) is 21.1. The molecule has 0 aromatic heterocycles. The van der Waals surface area contributed by atoms with Gasteiger partial charge < -0.3 is 6.16 Å². The van der Waals surface area contributed by atoms with Gasteiger partial charge in [-0.2, -0.15) is 0 Å². The molecule has 0 unspecified atom stereocenters. The third kappa shape index (κ3) is 31.1. The van der Waals surface area contributed by atoms with E-state index < -0.39 is 0 Å². The van der Waals surface area contributed by atoms with Crippen molar-refractivity contribution in [2.24, 2.45) is 0 Å². The van der Waals surface area contributed by atoms with Gasteiger partial charge in [0.15, 0.2) is 0 Å². The minimum absolute atomic E-state index is 0. The van der Waals surface area contributed by atoms with Crippen molar-refractivity contribution >= 4 is 0 Å². The summed E-state index contributed by atoms with van der Waals surface area (Å²) in [6, 6.07) is 0. The Bertz CT molecular complexity index is 250. The summed E-state index contributed by atoms with van der Waals surface area (Å²) in [5.41, 5.74) is 0. The zero-order valence-electron chi connectivity index (χ0n) is 22.8. The topological polar surface area (TPSA) is 9.23 Å². The van der Waals surface area contributed by atoms with Crippen LogP contribution in [0.25, 0.3) is 0 Å². The molecule has 1 nitrogen and oxygen atoms in total. The van der Waals surface area contributed by atoms with Gasteiger partial charge in [-0.05, 0) is 12.8 Å². The van der Waals surface area contributed by atoms with Crippen LogP contribution in [-0.2, 0) is 4.74 Å². The van der Waals surface area contributed by atoms with E-state index in [0.29, 0.717) is 0 Å². The fraction of sp³-hybridized carbons (Fsp3) is 1.00. The first-order valence-electron chi connectivity index (χ1n) is 14.0. The monoisotopic (exact) mass is 434 g/mol. The summed E-state index contributed by atoms with van der Waals surface area (Å²) >= 11 is 0. The number of hydrogen-bond donors (Lipinski definition) is 0. The smallest absolute Gasteiger partial charge is 1.00 e. The van der Waals surface area contributed by atoms with Gasteiger partial charge in [-0.3, -0.25) is 0 Å². The molecular formula is C28H59NaO. The van der Waals surface area contributed by atoms with Crippen molar-refractivity contribution in [2.75, 3.05) is 13.2 Å². The van der Waals surface area contributed by atoms with E-state index in [1.807, 2.05) is 0 Å². The molecule has 0 saturated carbocycles. The van der Waals surface area contributed by atoms with E-state index in [1.54, 1.807) is 0 Å². The molecule has 0 spiro atoms. The third-order valence-corrected chi connectivity index (χ3v) is 6.28. The SMILES string of the molecule is CCCCCCCCCCCCCCOCCCCCCCCCCCCCC.[H-].[Na+]. The average Bonchev–Trinajstić information content (AvgIpc) is 2.74. The van der Waals surface area contributed by atoms with E-state index in [9.17, 15) is 0 Å². The number of hydrogen-bond acceptors (Lipinski definition) is 1. The van der Waals surface area contributed by atoms with Crippen LogP contribution in [0.3, 0.4) is 0 Å². The van der Waals surface area contributed by atoms with Crippen LogP contribution in [0.5, 0.6) is 0 Å². The molecule has 178 valence electrons. The Morgan fingerprint density at radius 2 is 0.533 bits per heavy atom. The Balaban J connectivity index is -0.00000392. The Labute approximate surface area is 216 Å². The first kappa shape index (κ1) is 33.1. The van der Waals surface area contributed by atoms with E-state index in [-0.39, 0.29) is 31.0 Å². The largest absolute Gasteiger partial charge is 1.00 e. The second-order valence-electron chi connectivity index (χ2n) is 9.39. The van der Waals surface area contributed by atoms with E-state index in [2.05, 4.69) is 13.8 Å². The summed E-state index contributed by atoms with van der Waals surface area (Å²) in [6.07, 6.45) is 34.1. The van der Waals surface area contributed by atoms with Crippen LogP contribution >= 0.6 is 0 Å². The van der Waals surface area contributed by atoms with Crippen molar-refractivity contribution in [3.63, 3.8) is 0 Å². The van der Waals surface area contributed by atoms with Crippen molar-refractivity contribution in [1.29, 1.82) is 0 Å². The summed E-state index contributed by atoms with van der Waals surface area (Å²) in [6.45, 7) is 6.58. The predicted octanol–water partition coefficient (Wildman–Crippen LogP) is 7.52. The molecule has 0 radical (unpaired) electrons. The standard InChI is InChI=1S/C28H58O.Na.H/c1-3-5-7-9-11-13-15-17-19-21-23-25-27-29-28-26-24-22-20-18-16-14-12-10-8-6-4-2;;/h3-28H2,1-2H3;;/q;+1;-1. The molecule has 30 heavy (non-hydrogen) atoms. The maximum atomic E-state index is 5.82. The second-order valence-corrected chi connectivity index (χ2v) is 9.39. The molecular weight excluding hydrogens is 375 g/mol. The third-order valence-electron chi connectivity index (χ3n) is 6.28. The molecule has 0 fully saturated rings. The fourth-order valence-corrected chi connectivity index (χ4v) is 4.19. The number of rotatable bonds is 26. The van der Waals surface area contributed by atoms with E-state index in [0.717, 1.165) is 13.2 Å². The maximum Gasteiger partial charge on any atom is 1.00 e. The molecule has 0 saturated heterocycles. The van der Waals surface area contributed by atoms with Gasteiger partial charge in [0.25, 0.3) is 0 Å². The van der Waals surface area contributed by atoms with Crippen molar-refractivity contribution in [3.05, 3.63) is 0 Å². The van der Waals surface area contributed by atoms with Crippen molar-refractivity contribution in [2.45, 2.75) is 168 Å². The quantitative estimate of drug-likeness (QED) is 0.101. The van der Waals surface area contributed by atoms with Crippen molar-refractivity contribution < 1.29 is 35.7 Å². The minimum atomic E-state index is 0. The van der Waals surface area contributed by atoms with Gasteiger partial charge in [-0.1, -0.05) is 155 Å². The van der Waals surface area contributed by atoms with Crippen LogP contribution in [0.2, 0.25) is 0 Å². The Hall–Kier alpha value is 0.960. The van der Waals surface area contributed by atoms with Gasteiger partial charge >= 0.3 is 29.6 Å². The van der Waals surface area contributed by atoms with Crippen LogP contribution in [0.1, 0.15) is 169 Å². The van der Waals surface area contributed by atoms with Crippen LogP contribution in [0.4, 0.5) is 0 Å². The molecule has 0 amide bonds. The molecule has 0 atom stereocenters. The van der Waals surface area contributed by atoms with E-state index in [4.69, 9.17) is 4.74 Å². The van der Waals surface area contributed by atoms with Crippen molar-refractivity contribution in [3.8, 4) is 0 Å². The van der Waals surface area contributed by atoms with Gasteiger partial charge in [-0.25, -0.2) is 0 Å². The zero-order valence-corrected chi connectivity index (χ0v) is 23.8. The minimum Gasteiger partial charge on any atom is -1.00 e. The molecule has 0 aromatic rings. The molecule has 0 aliphatic rings. The summed E-state index contributed by atoms with van der Waals surface area (Å²) < 4.78 is 5.82. The van der Waals surface area contributed by atoms with Gasteiger partial charge in [0.05, 0.1) is 0 Å². The molecule has 2 heteroatoms. The number of unbranched alkanes of at least 4 members (excludes halogenated alkanes) is 22. The molecule has 0 aromatic carbocycles. The van der Waals surface area contributed by atoms with Crippen LogP contribution < -0.4 is 29.6 Å². The Kier molecular flexibility index (Phi) is 35.5. The number of ether oxygens (including phenoxy) is 1. The Morgan fingerprint density at radius 1 is 0.333 bits per heavy atom. The van der Waals surface area contributed by atoms with E-state index in [1.165, 1.54) is 154 Å². The molecule has 0 bridgehead atoms. The first-order valence-corrected chi connectivity index (χ1v) is 14.0. The molecule has 0 N–H and O–H groups in total. The summed E-state index contributed by atoms with van der Waals surface area (Å²) in [5, 5.41) is 0. The summed E-state index contributed by atoms with van der Waals surface area (Å²) in [5.74, 6) is 0. The molecule has 0 rings (SSSR count). The van der Waals surface area contributed by atoms with Crippen LogP contribution in [-0.4, -0.2) is 13.2 Å². The fourth-order valence-electron chi connectivity index (χ4n) is 4.19. The second kappa shape index (κ2) is 32.1. The summed E-state index contributed by atoms with van der Waals surface area (Å²) in [7, 11) is 0. The van der Waals surface area contributed by atoms with Gasteiger partial charge in [0.1, 0.15) is 0 Å². The molecule has 0 aliphatic carbocycles. The van der Waals surface area contributed by atoms with Gasteiger partial charge in [0, 0.05) is 13.2 Å². The maximum absolute atomic E-state index is 5.82.